The van der Waals surface area contributed by atoms with E-state index in [2.05, 4.69) is 18.9 Å². The van der Waals surface area contributed by atoms with E-state index in [9.17, 15) is 4.79 Å². The largest absolute Gasteiger partial charge is 0.299 e. The molecule has 1 aliphatic carbocycles. The lowest BCUT2D eigenvalue weighted by atomic mass is 9.57. The number of rotatable bonds is 2. The lowest BCUT2D eigenvalue weighted by Crippen LogP contribution is -2.45. The highest BCUT2D eigenvalue weighted by atomic mass is 16.1. The minimum Gasteiger partial charge on any atom is -0.299 e. The van der Waals surface area contributed by atoms with Crippen molar-refractivity contribution < 1.29 is 4.79 Å². The summed E-state index contributed by atoms with van der Waals surface area (Å²) < 4.78 is 1.80. The second-order valence-corrected chi connectivity index (χ2v) is 4.40. The first kappa shape index (κ1) is 9.44. The predicted octanol–water partition coefficient (Wildman–Crippen LogP) is 1.89. The zero-order chi connectivity index (χ0) is 10.3. The molecule has 0 bridgehead atoms. The molecule has 1 aliphatic rings. The van der Waals surface area contributed by atoms with Crippen LogP contribution in [0.25, 0.3) is 0 Å². The Balaban J connectivity index is 2.26. The third-order valence-corrected chi connectivity index (χ3v) is 3.66. The molecule has 1 aromatic heterocycles. The molecule has 1 fully saturated rings. The molecule has 2 unspecified atom stereocenters. The van der Waals surface area contributed by atoms with Crippen molar-refractivity contribution in [3.63, 3.8) is 0 Å². The Morgan fingerprint density at radius 1 is 1.71 bits per heavy atom. The number of hydrogen-bond donors (Lipinski definition) is 0. The number of carbonyl (C=O) groups excluding carboxylic acids is 1. The van der Waals surface area contributed by atoms with Crippen LogP contribution in [0.4, 0.5) is 0 Å². The molecule has 3 heteroatoms. The van der Waals surface area contributed by atoms with Crippen LogP contribution < -0.4 is 0 Å². The molecule has 76 valence electrons. The zero-order valence-corrected chi connectivity index (χ0v) is 8.95. The zero-order valence-electron chi connectivity index (χ0n) is 8.95. The molecular weight excluding hydrogens is 176 g/mol. The van der Waals surface area contributed by atoms with Crippen molar-refractivity contribution in [2.45, 2.75) is 32.6 Å². The van der Waals surface area contributed by atoms with Crippen molar-refractivity contribution in [1.82, 2.24) is 9.78 Å². The molecule has 3 nitrogen and oxygen atoms in total. The summed E-state index contributed by atoms with van der Waals surface area (Å²) in [5.74, 6) is 0.780. The Bertz CT molecular complexity index is 369. The molecule has 1 aromatic rings. The lowest BCUT2D eigenvalue weighted by Gasteiger charge is -2.44. The molecule has 2 rings (SSSR count). The monoisotopic (exact) mass is 192 g/mol. The highest BCUT2D eigenvalue weighted by Gasteiger charge is 2.50. The van der Waals surface area contributed by atoms with Gasteiger partial charge in [-0.1, -0.05) is 13.8 Å². The van der Waals surface area contributed by atoms with Gasteiger partial charge in [0, 0.05) is 31.0 Å². The molecule has 14 heavy (non-hydrogen) atoms. The summed E-state index contributed by atoms with van der Waals surface area (Å²) in [6.07, 6.45) is 5.51. The van der Waals surface area contributed by atoms with Gasteiger partial charge in [0.2, 0.25) is 0 Å². The van der Waals surface area contributed by atoms with Gasteiger partial charge in [0.25, 0.3) is 0 Å². The Morgan fingerprint density at radius 2 is 2.43 bits per heavy atom. The molecule has 0 aliphatic heterocycles. The topological polar surface area (TPSA) is 34.9 Å². The van der Waals surface area contributed by atoms with Gasteiger partial charge < -0.3 is 0 Å². The summed E-state index contributed by atoms with van der Waals surface area (Å²) in [6.45, 7) is 4.15. The first-order valence-electron chi connectivity index (χ1n) is 5.09. The number of carbonyl (C=O) groups is 1. The molecule has 0 amide bonds. The van der Waals surface area contributed by atoms with Crippen LogP contribution in [0.2, 0.25) is 0 Å². The van der Waals surface area contributed by atoms with Gasteiger partial charge in [-0.2, -0.15) is 5.10 Å². The predicted molar refractivity (Wildman–Crippen MR) is 54.0 cm³/mol. The van der Waals surface area contributed by atoms with Crippen molar-refractivity contribution in [2.75, 3.05) is 0 Å². The van der Waals surface area contributed by atoms with Crippen molar-refractivity contribution in [1.29, 1.82) is 0 Å². The van der Waals surface area contributed by atoms with Crippen molar-refractivity contribution in [3.8, 4) is 0 Å². The Hall–Kier alpha value is -1.12. The number of aromatic nitrogens is 2. The first-order chi connectivity index (χ1) is 6.58. The Labute approximate surface area is 84.1 Å². The van der Waals surface area contributed by atoms with Crippen LogP contribution in [0.15, 0.2) is 12.4 Å². The molecule has 1 saturated carbocycles. The molecule has 0 spiro atoms. The van der Waals surface area contributed by atoms with Gasteiger partial charge in [0.1, 0.15) is 5.78 Å². The average Bonchev–Trinajstić information content (AvgIpc) is 2.59. The molecular formula is C11H16N2O. The Morgan fingerprint density at radius 3 is 2.86 bits per heavy atom. The van der Waals surface area contributed by atoms with Gasteiger partial charge >= 0.3 is 0 Å². The highest BCUT2D eigenvalue weighted by Crippen LogP contribution is 2.51. The highest BCUT2D eigenvalue weighted by molar-refractivity contribution is 5.92. The minimum absolute atomic E-state index is 0.136. The quantitative estimate of drug-likeness (QED) is 0.717. The van der Waals surface area contributed by atoms with E-state index in [0.29, 0.717) is 18.1 Å². The second kappa shape index (κ2) is 2.94. The van der Waals surface area contributed by atoms with Crippen LogP contribution in [0.1, 0.15) is 38.2 Å². The summed E-state index contributed by atoms with van der Waals surface area (Å²) in [5.41, 5.74) is 1.07. The summed E-state index contributed by atoms with van der Waals surface area (Å²) in [5, 5.41) is 4.15. The van der Waals surface area contributed by atoms with Gasteiger partial charge in [-0.05, 0) is 12.0 Å². The molecule has 2 atom stereocenters. The summed E-state index contributed by atoms with van der Waals surface area (Å²) in [4.78, 5) is 11.5. The maximum absolute atomic E-state index is 11.5. The number of aryl methyl sites for hydroxylation is 1. The fraction of sp³-hybridized carbons (Fsp3) is 0.636. The Kier molecular flexibility index (Phi) is 1.98. The second-order valence-electron chi connectivity index (χ2n) is 4.40. The molecule has 1 heterocycles. The SMILES string of the molecule is CCC1(C)C(=O)CC1c1cnn(C)c1. The van der Waals surface area contributed by atoms with Crippen LogP contribution in [-0.4, -0.2) is 15.6 Å². The van der Waals surface area contributed by atoms with E-state index in [0.717, 1.165) is 6.42 Å². The third kappa shape index (κ3) is 1.11. The van der Waals surface area contributed by atoms with Crippen LogP contribution in [0, 0.1) is 5.41 Å². The van der Waals surface area contributed by atoms with Gasteiger partial charge in [0.05, 0.1) is 6.20 Å². The maximum Gasteiger partial charge on any atom is 0.140 e. The number of nitrogens with zero attached hydrogens (tertiary/aromatic N) is 2. The van der Waals surface area contributed by atoms with Crippen LogP contribution >= 0.6 is 0 Å². The maximum atomic E-state index is 11.5. The van der Waals surface area contributed by atoms with Crippen LogP contribution in [-0.2, 0) is 11.8 Å². The van der Waals surface area contributed by atoms with E-state index in [1.165, 1.54) is 5.56 Å². The van der Waals surface area contributed by atoms with E-state index in [1.807, 2.05) is 19.4 Å². The van der Waals surface area contributed by atoms with E-state index in [-0.39, 0.29) is 5.41 Å². The van der Waals surface area contributed by atoms with Crippen LogP contribution in [0.3, 0.4) is 0 Å². The van der Waals surface area contributed by atoms with Crippen LogP contribution in [0.5, 0.6) is 0 Å². The molecule has 0 aromatic carbocycles. The summed E-state index contributed by atoms with van der Waals surface area (Å²) in [7, 11) is 1.91. The van der Waals surface area contributed by atoms with Crippen molar-refractivity contribution in [2.24, 2.45) is 12.5 Å². The van der Waals surface area contributed by atoms with Gasteiger partial charge in [-0.3, -0.25) is 9.48 Å². The number of hydrogen-bond acceptors (Lipinski definition) is 2. The molecule has 0 saturated heterocycles. The smallest absolute Gasteiger partial charge is 0.140 e. The third-order valence-electron chi connectivity index (χ3n) is 3.66. The fourth-order valence-corrected chi connectivity index (χ4v) is 2.26. The van der Waals surface area contributed by atoms with E-state index >= 15 is 0 Å². The standard InChI is InChI=1S/C11H16N2O/c1-4-11(2)9(5-10(11)14)8-6-12-13(3)7-8/h6-7,9H,4-5H2,1-3H3. The fourth-order valence-electron chi connectivity index (χ4n) is 2.26. The lowest BCUT2D eigenvalue weighted by molar-refractivity contribution is -0.139. The molecule has 0 radical (unpaired) electrons. The summed E-state index contributed by atoms with van der Waals surface area (Å²) in [6, 6.07) is 0. The molecule has 0 N–H and O–H groups in total. The summed E-state index contributed by atoms with van der Waals surface area (Å²) >= 11 is 0. The van der Waals surface area contributed by atoms with Gasteiger partial charge in [-0.25, -0.2) is 0 Å². The van der Waals surface area contributed by atoms with Gasteiger partial charge in [0.15, 0.2) is 0 Å². The minimum atomic E-state index is -0.136. The van der Waals surface area contributed by atoms with E-state index in [4.69, 9.17) is 0 Å². The number of Topliss-reactive ketones (excluding diaryl/α,β-unsaturated/α-hetero) is 1. The van der Waals surface area contributed by atoms with Crippen molar-refractivity contribution in [3.05, 3.63) is 18.0 Å². The van der Waals surface area contributed by atoms with E-state index < -0.39 is 0 Å². The van der Waals surface area contributed by atoms with E-state index in [1.54, 1.807) is 4.68 Å². The van der Waals surface area contributed by atoms with Crippen molar-refractivity contribution >= 4 is 5.78 Å². The number of ketones is 1. The average molecular weight is 192 g/mol. The first-order valence-corrected chi connectivity index (χ1v) is 5.09. The normalized spacial score (nSPS) is 31.6. The van der Waals surface area contributed by atoms with Gasteiger partial charge in [-0.15, -0.1) is 0 Å².